The molecule has 1 amide bonds. The summed E-state index contributed by atoms with van der Waals surface area (Å²) in [4.78, 5) is 15.8. The first-order valence-electron chi connectivity index (χ1n) is 5.78. The Labute approximate surface area is 114 Å². The van der Waals surface area contributed by atoms with Gasteiger partial charge in [0.25, 0.3) is 5.91 Å². The number of anilines is 1. The van der Waals surface area contributed by atoms with Crippen LogP contribution in [0.15, 0.2) is 18.2 Å². The van der Waals surface area contributed by atoms with Gasteiger partial charge >= 0.3 is 0 Å². The SMILES string of the molecule is CCCc1nc(C(=O)Nc2cccc(Cl)c2F)n[nH]1. The molecule has 7 heteroatoms. The molecule has 0 atom stereocenters. The molecule has 0 aliphatic heterocycles. The zero-order valence-electron chi connectivity index (χ0n) is 10.2. The van der Waals surface area contributed by atoms with Gasteiger partial charge in [0.05, 0.1) is 10.7 Å². The third kappa shape index (κ3) is 3.08. The minimum Gasteiger partial charge on any atom is -0.317 e. The molecule has 1 aromatic heterocycles. The van der Waals surface area contributed by atoms with Crippen molar-refractivity contribution >= 4 is 23.2 Å². The molecule has 0 saturated heterocycles. The number of hydrogen-bond acceptors (Lipinski definition) is 3. The van der Waals surface area contributed by atoms with E-state index in [4.69, 9.17) is 11.6 Å². The molecule has 0 fully saturated rings. The van der Waals surface area contributed by atoms with Crippen LogP contribution in [0.25, 0.3) is 0 Å². The van der Waals surface area contributed by atoms with Gasteiger partial charge in [-0.1, -0.05) is 24.6 Å². The number of carbonyl (C=O) groups is 1. The van der Waals surface area contributed by atoms with Crippen LogP contribution in [0.3, 0.4) is 0 Å². The molecule has 2 aromatic rings. The fourth-order valence-corrected chi connectivity index (χ4v) is 1.70. The number of carbonyl (C=O) groups excluding carboxylic acids is 1. The Bertz CT molecular complexity index is 599. The summed E-state index contributed by atoms with van der Waals surface area (Å²) in [5.74, 6) is -0.663. The Morgan fingerprint density at radius 3 is 3.05 bits per heavy atom. The molecule has 0 aliphatic carbocycles. The number of aryl methyl sites for hydroxylation is 1. The van der Waals surface area contributed by atoms with Crippen molar-refractivity contribution < 1.29 is 9.18 Å². The van der Waals surface area contributed by atoms with E-state index in [2.05, 4.69) is 20.5 Å². The highest BCUT2D eigenvalue weighted by molar-refractivity contribution is 6.31. The zero-order valence-corrected chi connectivity index (χ0v) is 11.0. The van der Waals surface area contributed by atoms with Crippen LogP contribution in [0.2, 0.25) is 5.02 Å². The van der Waals surface area contributed by atoms with Crippen LogP contribution >= 0.6 is 11.6 Å². The van der Waals surface area contributed by atoms with Crippen molar-refractivity contribution in [1.82, 2.24) is 15.2 Å². The summed E-state index contributed by atoms with van der Waals surface area (Å²) in [5, 5.41) is 8.76. The molecule has 5 nitrogen and oxygen atoms in total. The summed E-state index contributed by atoms with van der Waals surface area (Å²) in [7, 11) is 0. The maximum atomic E-state index is 13.6. The van der Waals surface area contributed by atoms with Crippen molar-refractivity contribution in [2.24, 2.45) is 0 Å². The van der Waals surface area contributed by atoms with Crippen LogP contribution in [0.5, 0.6) is 0 Å². The predicted octanol–water partition coefficient (Wildman–Crippen LogP) is 2.80. The second kappa shape index (κ2) is 5.79. The summed E-state index contributed by atoms with van der Waals surface area (Å²) in [6.45, 7) is 1.99. The summed E-state index contributed by atoms with van der Waals surface area (Å²) in [5.41, 5.74) is -0.000610. The Kier molecular flexibility index (Phi) is 4.11. The maximum Gasteiger partial charge on any atom is 0.295 e. The quantitative estimate of drug-likeness (QED) is 0.906. The topological polar surface area (TPSA) is 70.7 Å². The number of nitrogens with one attached hydrogen (secondary N) is 2. The van der Waals surface area contributed by atoms with Gasteiger partial charge in [-0.3, -0.25) is 9.89 Å². The van der Waals surface area contributed by atoms with Gasteiger partial charge in [0, 0.05) is 6.42 Å². The molecule has 2 rings (SSSR count). The summed E-state index contributed by atoms with van der Waals surface area (Å²) >= 11 is 5.62. The lowest BCUT2D eigenvalue weighted by Gasteiger charge is -2.04. The number of nitrogens with zero attached hydrogens (tertiary/aromatic N) is 2. The fourth-order valence-electron chi connectivity index (χ4n) is 1.52. The van der Waals surface area contributed by atoms with E-state index in [1.807, 2.05) is 6.92 Å². The Hall–Kier alpha value is -1.95. The molecule has 0 aliphatic rings. The lowest BCUT2D eigenvalue weighted by Crippen LogP contribution is -2.15. The average Bonchev–Trinajstić information content (AvgIpc) is 2.84. The normalized spacial score (nSPS) is 10.5. The van der Waals surface area contributed by atoms with Crippen LogP contribution in [0.4, 0.5) is 10.1 Å². The van der Waals surface area contributed by atoms with E-state index >= 15 is 0 Å². The summed E-state index contributed by atoms with van der Waals surface area (Å²) in [6.07, 6.45) is 1.59. The number of halogens is 2. The van der Waals surface area contributed by atoms with Crippen molar-refractivity contribution in [3.63, 3.8) is 0 Å². The molecule has 1 heterocycles. The first-order chi connectivity index (χ1) is 9.11. The fraction of sp³-hybridized carbons (Fsp3) is 0.250. The van der Waals surface area contributed by atoms with Gasteiger partial charge in [-0.2, -0.15) is 0 Å². The number of benzene rings is 1. The van der Waals surface area contributed by atoms with Crippen LogP contribution in [-0.2, 0) is 6.42 Å². The molecule has 0 spiro atoms. The molecule has 0 radical (unpaired) electrons. The number of rotatable bonds is 4. The second-order valence-corrected chi connectivity index (χ2v) is 4.32. The molecule has 0 bridgehead atoms. The van der Waals surface area contributed by atoms with Gasteiger partial charge in [-0.05, 0) is 18.6 Å². The maximum absolute atomic E-state index is 13.6. The third-order valence-corrected chi connectivity index (χ3v) is 2.71. The Morgan fingerprint density at radius 2 is 2.32 bits per heavy atom. The lowest BCUT2D eigenvalue weighted by atomic mass is 10.3. The van der Waals surface area contributed by atoms with E-state index < -0.39 is 11.7 Å². The van der Waals surface area contributed by atoms with E-state index in [1.54, 1.807) is 6.07 Å². The van der Waals surface area contributed by atoms with Crippen LogP contribution in [-0.4, -0.2) is 21.1 Å². The highest BCUT2D eigenvalue weighted by Gasteiger charge is 2.15. The lowest BCUT2D eigenvalue weighted by molar-refractivity contribution is 0.101. The number of aromatic nitrogens is 3. The van der Waals surface area contributed by atoms with Gasteiger partial charge in [-0.15, -0.1) is 5.10 Å². The highest BCUT2D eigenvalue weighted by atomic mass is 35.5. The first kappa shape index (κ1) is 13.5. The van der Waals surface area contributed by atoms with Gasteiger partial charge in [0.1, 0.15) is 5.82 Å². The first-order valence-corrected chi connectivity index (χ1v) is 6.16. The molecule has 1 aromatic carbocycles. The largest absolute Gasteiger partial charge is 0.317 e. The molecule has 100 valence electrons. The Morgan fingerprint density at radius 1 is 1.53 bits per heavy atom. The van der Waals surface area contributed by atoms with Gasteiger partial charge in [0.2, 0.25) is 5.82 Å². The minimum absolute atomic E-state index is 0.000610. The predicted molar refractivity (Wildman–Crippen MR) is 69.7 cm³/mol. The van der Waals surface area contributed by atoms with Crippen molar-refractivity contribution in [2.45, 2.75) is 19.8 Å². The Balaban J connectivity index is 2.14. The van der Waals surface area contributed by atoms with Gasteiger partial charge < -0.3 is 5.32 Å². The van der Waals surface area contributed by atoms with Gasteiger partial charge in [-0.25, -0.2) is 9.37 Å². The molecule has 2 N–H and O–H groups in total. The molecule has 19 heavy (non-hydrogen) atoms. The van der Waals surface area contributed by atoms with E-state index in [9.17, 15) is 9.18 Å². The van der Waals surface area contributed by atoms with E-state index in [0.29, 0.717) is 12.2 Å². The zero-order chi connectivity index (χ0) is 13.8. The van der Waals surface area contributed by atoms with E-state index in [1.165, 1.54) is 12.1 Å². The molecule has 0 saturated carbocycles. The monoisotopic (exact) mass is 282 g/mol. The van der Waals surface area contributed by atoms with Crippen LogP contribution in [0.1, 0.15) is 29.8 Å². The van der Waals surface area contributed by atoms with Crippen LogP contribution < -0.4 is 5.32 Å². The summed E-state index contributed by atoms with van der Waals surface area (Å²) in [6, 6.07) is 4.36. The smallest absolute Gasteiger partial charge is 0.295 e. The van der Waals surface area contributed by atoms with Crippen molar-refractivity contribution in [1.29, 1.82) is 0 Å². The molecular weight excluding hydrogens is 271 g/mol. The van der Waals surface area contributed by atoms with E-state index in [0.717, 1.165) is 6.42 Å². The van der Waals surface area contributed by atoms with Crippen LogP contribution in [0, 0.1) is 5.82 Å². The number of hydrogen-bond donors (Lipinski definition) is 2. The van der Waals surface area contributed by atoms with Crippen molar-refractivity contribution in [3.8, 4) is 0 Å². The summed E-state index contributed by atoms with van der Waals surface area (Å²) < 4.78 is 13.6. The van der Waals surface area contributed by atoms with Crippen molar-refractivity contribution in [3.05, 3.63) is 40.7 Å². The molecular formula is C12H12ClFN4O. The third-order valence-electron chi connectivity index (χ3n) is 2.42. The number of H-pyrrole nitrogens is 1. The van der Waals surface area contributed by atoms with E-state index in [-0.39, 0.29) is 16.5 Å². The minimum atomic E-state index is -0.679. The van der Waals surface area contributed by atoms with Crippen molar-refractivity contribution in [2.75, 3.05) is 5.32 Å². The second-order valence-electron chi connectivity index (χ2n) is 3.91. The standard InChI is InChI=1S/C12H12ClFN4O/c1-2-4-9-16-11(18-17-9)12(19)15-8-6-3-5-7(13)10(8)14/h3,5-6H,2,4H2,1H3,(H,15,19)(H,16,17,18). The number of amides is 1. The van der Waals surface area contributed by atoms with Gasteiger partial charge in [0.15, 0.2) is 5.82 Å². The molecule has 0 unspecified atom stereocenters. The number of aromatic amines is 1. The average molecular weight is 283 g/mol. The highest BCUT2D eigenvalue weighted by Crippen LogP contribution is 2.22.